The zero-order valence-electron chi connectivity index (χ0n) is 16.7. The summed E-state index contributed by atoms with van der Waals surface area (Å²) in [6.07, 6.45) is 0. The highest BCUT2D eigenvalue weighted by atomic mass is 35.5. The predicted octanol–water partition coefficient (Wildman–Crippen LogP) is 3.57. The van der Waals surface area contributed by atoms with E-state index in [0.717, 1.165) is 11.4 Å². The second kappa shape index (κ2) is 10.5. The third-order valence-corrected chi connectivity index (χ3v) is 4.56. The van der Waals surface area contributed by atoms with E-state index in [-0.39, 0.29) is 30.1 Å². The molecule has 1 aromatic carbocycles. The van der Waals surface area contributed by atoms with E-state index in [1.165, 1.54) is 0 Å². The summed E-state index contributed by atoms with van der Waals surface area (Å²) >= 11 is 6.28. The molecule has 3 N–H and O–H groups in total. The maximum absolute atomic E-state index is 12.5. The van der Waals surface area contributed by atoms with Gasteiger partial charge in [-0.3, -0.25) is 14.3 Å². The van der Waals surface area contributed by atoms with Crippen LogP contribution in [0.3, 0.4) is 0 Å². The number of hydrogen-bond acceptors (Lipinski definition) is 4. The first kappa shape index (κ1) is 23.9. The van der Waals surface area contributed by atoms with Crippen molar-refractivity contribution in [3.63, 3.8) is 0 Å². The van der Waals surface area contributed by atoms with Crippen LogP contribution in [0.25, 0.3) is 0 Å². The first-order chi connectivity index (χ1) is 12.7. The number of carbonyl (C=O) groups excluding carboxylic acids is 2. The van der Waals surface area contributed by atoms with E-state index in [1.807, 2.05) is 26.8 Å². The smallest absolute Gasteiger partial charge is 0.248 e. The Hall–Kier alpha value is -2.09. The number of aryl methyl sites for hydroxylation is 2. The van der Waals surface area contributed by atoms with Gasteiger partial charge >= 0.3 is 0 Å². The largest absolute Gasteiger partial charge is 0.326 e. The molecule has 0 aliphatic rings. The summed E-state index contributed by atoms with van der Waals surface area (Å²) in [5.41, 5.74) is 2.83. The Kier molecular flexibility index (Phi) is 8.94. The lowest BCUT2D eigenvalue weighted by molar-refractivity contribution is -0.120. The minimum Gasteiger partial charge on any atom is -0.326 e. The summed E-state index contributed by atoms with van der Waals surface area (Å²) in [4.78, 5) is 24.6. The molecule has 0 bridgehead atoms. The van der Waals surface area contributed by atoms with Crippen LogP contribution in [-0.2, 0) is 9.59 Å². The second-order valence-electron chi connectivity index (χ2n) is 6.68. The highest BCUT2D eigenvalue weighted by Crippen LogP contribution is 2.27. The number of amides is 2. The molecular weight excluding hydrogens is 401 g/mol. The molecule has 2 aromatic rings. The van der Waals surface area contributed by atoms with Crippen LogP contribution in [0, 0.1) is 19.8 Å². The van der Waals surface area contributed by atoms with Gasteiger partial charge in [0.1, 0.15) is 6.04 Å². The van der Waals surface area contributed by atoms with Gasteiger partial charge in [-0.2, -0.15) is 5.10 Å². The standard InChI is InChI=1S/C19H26ClN5O2.ClH/c1-11(10-21-5)18(26)22-15-6-7-17(16(20)9-15)23-19(27)14(4)25-13(3)8-12(2)24-25;/h6-9,11,14,21H,10H2,1-5H3,(H,22,26)(H,23,27);1H. The van der Waals surface area contributed by atoms with Gasteiger partial charge in [0.15, 0.2) is 0 Å². The summed E-state index contributed by atoms with van der Waals surface area (Å²) < 4.78 is 1.68. The molecule has 0 radical (unpaired) electrons. The molecule has 0 aliphatic heterocycles. The van der Waals surface area contributed by atoms with Crippen LogP contribution in [-0.4, -0.2) is 35.2 Å². The highest BCUT2D eigenvalue weighted by molar-refractivity contribution is 6.34. The van der Waals surface area contributed by atoms with Gasteiger partial charge in [0.2, 0.25) is 11.8 Å². The number of anilines is 2. The van der Waals surface area contributed by atoms with Crippen molar-refractivity contribution in [3.05, 3.63) is 40.7 Å². The molecule has 7 nitrogen and oxygen atoms in total. The molecule has 2 unspecified atom stereocenters. The molecule has 0 saturated heterocycles. The number of carbonyl (C=O) groups is 2. The third-order valence-electron chi connectivity index (χ3n) is 4.24. The second-order valence-corrected chi connectivity index (χ2v) is 7.09. The van der Waals surface area contributed by atoms with Gasteiger partial charge in [-0.05, 0) is 52.1 Å². The van der Waals surface area contributed by atoms with Gasteiger partial charge in [0, 0.05) is 23.8 Å². The molecule has 0 saturated carbocycles. The zero-order valence-corrected chi connectivity index (χ0v) is 18.2. The number of aromatic nitrogens is 2. The summed E-state index contributed by atoms with van der Waals surface area (Å²) in [5.74, 6) is -0.493. The van der Waals surface area contributed by atoms with E-state index in [9.17, 15) is 9.59 Å². The quantitative estimate of drug-likeness (QED) is 0.629. The average Bonchev–Trinajstić information content (AvgIpc) is 2.94. The van der Waals surface area contributed by atoms with Crippen LogP contribution in [0.5, 0.6) is 0 Å². The van der Waals surface area contributed by atoms with Crippen molar-refractivity contribution < 1.29 is 9.59 Å². The molecule has 0 spiro atoms. The lowest BCUT2D eigenvalue weighted by Crippen LogP contribution is -2.28. The Labute approximate surface area is 176 Å². The van der Waals surface area contributed by atoms with Crippen molar-refractivity contribution in [2.45, 2.75) is 33.7 Å². The van der Waals surface area contributed by atoms with Gasteiger partial charge < -0.3 is 16.0 Å². The van der Waals surface area contributed by atoms with Crippen molar-refractivity contribution >= 4 is 47.2 Å². The van der Waals surface area contributed by atoms with Crippen molar-refractivity contribution in [2.24, 2.45) is 5.92 Å². The van der Waals surface area contributed by atoms with Crippen LogP contribution in [0.4, 0.5) is 11.4 Å². The molecule has 2 rings (SSSR count). The van der Waals surface area contributed by atoms with E-state index in [1.54, 1.807) is 36.9 Å². The lowest BCUT2D eigenvalue weighted by Gasteiger charge is -2.16. The van der Waals surface area contributed by atoms with E-state index in [2.05, 4.69) is 21.0 Å². The molecule has 0 aliphatic carbocycles. The molecule has 2 atom stereocenters. The molecule has 28 heavy (non-hydrogen) atoms. The lowest BCUT2D eigenvalue weighted by atomic mass is 10.1. The number of nitrogens with zero attached hydrogens (tertiary/aromatic N) is 2. The number of nitrogens with one attached hydrogen (secondary N) is 3. The van der Waals surface area contributed by atoms with E-state index in [4.69, 9.17) is 11.6 Å². The van der Waals surface area contributed by atoms with Crippen LogP contribution < -0.4 is 16.0 Å². The minimum absolute atomic E-state index is 0. The summed E-state index contributed by atoms with van der Waals surface area (Å²) in [6.45, 7) is 7.99. The number of hydrogen-bond donors (Lipinski definition) is 3. The minimum atomic E-state index is -0.475. The molecule has 154 valence electrons. The Morgan fingerprint density at radius 2 is 1.82 bits per heavy atom. The SMILES string of the molecule is CNCC(C)C(=O)Nc1ccc(NC(=O)C(C)n2nc(C)cc2C)c(Cl)c1.Cl. The first-order valence-electron chi connectivity index (χ1n) is 8.81. The highest BCUT2D eigenvalue weighted by Gasteiger charge is 2.19. The van der Waals surface area contributed by atoms with Crippen molar-refractivity contribution in [1.82, 2.24) is 15.1 Å². The van der Waals surface area contributed by atoms with Crippen LogP contribution in [0.2, 0.25) is 5.02 Å². The first-order valence-corrected chi connectivity index (χ1v) is 9.19. The fraction of sp³-hybridized carbons (Fsp3) is 0.421. The van der Waals surface area contributed by atoms with Gasteiger partial charge in [0.25, 0.3) is 0 Å². The van der Waals surface area contributed by atoms with Gasteiger partial charge in [0.05, 0.1) is 16.4 Å². The normalized spacial score (nSPS) is 12.6. The fourth-order valence-electron chi connectivity index (χ4n) is 2.74. The monoisotopic (exact) mass is 427 g/mol. The molecule has 0 fully saturated rings. The van der Waals surface area contributed by atoms with Gasteiger partial charge in [-0.1, -0.05) is 18.5 Å². The molecule has 1 aromatic heterocycles. The number of benzene rings is 1. The van der Waals surface area contributed by atoms with Crippen molar-refractivity contribution in [1.29, 1.82) is 0 Å². The van der Waals surface area contributed by atoms with Gasteiger partial charge in [-0.15, -0.1) is 12.4 Å². The maximum atomic E-state index is 12.5. The Balaban J connectivity index is 0.00000392. The van der Waals surface area contributed by atoms with E-state index >= 15 is 0 Å². The van der Waals surface area contributed by atoms with Crippen LogP contribution in [0.1, 0.15) is 31.3 Å². The number of rotatable bonds is 7. The Morgan fingerprint density at radius 3 is 2.36 bits per heavy atom. The summed E-state index contributed by atoms with van der Waals surface area (Å²) in [7, 11) is 1.80. The number of halogens is 2. The van der Waals surface area contributed by atoms with Gasteiger partial charge in [-0.25, -0.2) is 0 Å². The zero-order chi connectivity index (χ0) is 20.1. The summed E-state index contributed by atoms with van der Waals surface area (Å²) in [6, 6.07) is 6.45. The van der Waals surface area contributed by atoms with Crippen molar-refractivity contribution in [3.8, 4) is 0 Å². The Morgan fingerprint density at radius 1 is 1.14 bits per heavy atom. The predicted molar refractivity (Wildman–Crippen MR) is 115 cm³/mol. The average molecular weight is 428 g/mol. The molecule has 1 heterocycles. The van der Waals surface area contributed by atoms with Crippen LogP contribution in [0.15, 0.2) is 24.3 Å². The molecule has 9 heteroatoms. The fourth-order valence-corrected chi connectivity index (χ4v) is 2.97. The Bertz CT molecular complexity index is 838. The maximum Gasteiger partial charge on any atom is 0.248 e. The van der Waals surface area contributed by atoms with Crippen molar-refractivity contribution in [2.75, 3.05) is 24.2 Å². The molecular formula is C19H27Cl2N5O2. The van der Waals surface area contributed by atoms with E-state index < -0.39 is 6.04 Å². The molecule has 2 amide bonds. The third kappa shape index (κ3) is 5.95. The summed E-state index contributed by atoms with van der Waals surface area (Å²) in [5, 5.41) is 13.3. The van der Waals surface area contributed by atoms with E-state index in [0.29, 0.717) is 22.9 Å². The topological polar surface area (TPSA) is 88.0 Å². The van der Waals surface area contributed by atoms with Crippen LogP contribution >= 0.6 is 24.0 Å².